The van der Waals surface area contributed by atoms with Crippen LogP contribution in [0.25, 0.3) is 0 Å². The molecule has 1 aliphatic heterocycles. The second-order valence-corrected chi connectivity index (χ2v) is 11.3. The lowest BCUT2D eigenvalue weighted by molar-refractivity contribution is -0.144. The monoisotopic (exact) mass is 517 g/mol. The number of ether oxygens (including phenoxy) is 1. The molecule has 0 unspecified atom stereocenters. The molecule has 37 heavy (non-hydrogen) atoms. The summed E-state index contributed by atoms with van der Waals surface area (Å²) in [6.45, 7) is 13.3. The summed E-state index contributed by atoms with van der Waals surface area (Å²) in [5.41, 5.74) is -0.760. The Labute approximate surface area is 220 Å². The molecule has 206 valence electrons. The number of carboxylic acid groups (broad SMARTS) is 1. The first-order valence-corrected chi connectivity index (χ1v) is 13.1. The van der Waals surface area contributed by atoms with Gasteiger partial charge in [0.25, 0.3) is 0 Å². The van der Waals surface area contributed by atoms with E-state index in [0.29, 0.717) is 32.4 Å². The highest BCUT2D eigenvalue weighted by Crippen LogP contribution is 2.37. The van der Waals surface area contributed by atoms with E-state index < -0.39 is 41.1 Å². The van der Waals surface area contributed by atoms with E-state index in [1.807, 2.05) is 65.0 Å². The third-order valence-electron chi connectivity index (χ3n) is 7.04. The minimum Gasteiger partial charge on any atom is -0.480 e. The molecule has 0 aromatic heterocycles. The molecule has 1 aliphatic rings. The molecule has 9 nitrogen and oxygen atoms in total. The van der Waals surface area contributed by atoms with Gasteiger partial charge in [-0.2, -0.15) is 0 Å². The number of benzene rings is 1. The van der Waals surface area contributed by atoms with Gasteiger partial charge in [0.15, 0.2) is 0 Å². The molecule has 2 rings (SSSR count). The van der Waals surface area contributed by atoms with E-state index in [4.69, 9.17) is 4.74 Å². The fourth-order valence-corrected chi connectivity index (χ4v) is 4.54. The van der Waals surface area contributed by atoms with Crippen molar-refractivity contribution in [1.82, 2.24) is 15.5 Å². The largest absolute Gasteiger partial charge is 0.480 e. The van der Waals surface area contributed by atoms with Gasteiger partial charge in [0.05, 0.1) is 5.41 Å². The first-order valence-electron chi connectivity index (χ1n) is 13.1. The highest BCUT2D eigenvalue weighted by Gasteiger charge is 2.46. The van der Waals surface area contributed by atoms with Crippen molar-refractivity contribution in [3.8, 4) is 0 Å². The van der Waals surface area contributed by atoms with Crippen molar-refractivity contribution in [2.24, 2.45) is 11.8 Å². The second-order valence-electron chi connectivity index (χ2n) is 11.3. The Bertz CT molecular complexity index is 948. The van der Waals surface area contributed by atoms with Gasteiger partial charge in [0.1, 0.15) is 17.7 Å². The predicted molar refractivity (Wildman–Crippen MR) is 141 cm³/mol. The van der Waals surface area contributed by atoms with E-state index in [1.54, 1.807) is 18.7 Å². The van der Waals surface area contributed by atoms with Crippen molar-refractivity contribution >= 4 is 23.9 Å². The first-order chi connectivity index (χ1) is 17.2. The molecule has 1 aromatic carbocycles. The fourth-order valence-electron chi connectivity index (χ4n) is 4.54. The molecule has 0 radical (unpaired) electrons. The maximum atomic E-state index is 14.0. The zero-order chi connectivity index (χ0) is 28.0. The Balaban J connectivity index is 2.31. The molecule has 9 heteroatoms. The molecule has 1 aromatic rings. The number of piperidine rings is 1. The van der Waals surface area contributed by atoms with Gasteiger partial charge in [-0.1, -0.05) is 64.4 Å². The van der Waals surface area contributed by atoms with Gasteiger partial charge in [-0.25, -0.2) is 9.59 Å². The number of hydrogen-bond donors (Lipinski definition) is 3. The molecule has 3 atom stereocenters. The van der Waals surface area contributed by atoms with Gasteiger partial charge >= 0.3 is 12.1 Å². The van der Waals surface area contributed by atoms with E-state index in [2.05, 4.69) is 10.6 Å². The minimum atomic E-state index is -1.12. The summed E-state index contributed by atoms with van der Waals surface area (Å²) in [5, 5.41) is 15.1. The predicted octanol–water partition coefficient (Wildman–Crippen LogP) is 3.71. The van der Waals surface area contributed by atoms with Crippen molar-refractivity contribution in [2.75, 3.05) is 13.1 Å². The lowest BCUT2D eigenvalue weighted by Crippen LogP contribution is -2.60. The van der Waals surface area contributed by atoms with Crippen LogP contribution in [0.4, 0.5) is 4.79 Å². The van der Waals surface area contributed by atoms with Crippen LogP contribution in [0.2, 0.25) is 0 Å². The molecule has 0 saturated carbocycles. The maximum absolute atomic E-state index is 14.0. The Morgan fingerprint density at radius 2 is 1.57 bits per heavy atom. The van der Waals surface area contributed by atoms with Crippen molar-refractivity contribution in [2.45, 2.75) is 90.8 Å². The molecule has 1 fully saturated rings. The number of aliphatic carboxylic acids is 1. The molecule has 1 heterocycles. The average Bonchev–Trinajstić information content (AvgIpc) is 2.84. The van der Waals surface area contributed by atoms with Gasteiger partial charge in [0, 0.05) is 13.1 Å². The zero-order valence-electron chi connectivity index (χ0n) is 23.2. The number of nitrogens with one attached hydrogen (secondary N) is 2. The standard InChI is InChI=1S/C28H43N3O6/c1-8-19(4)22(23(32)29-21(18(2)3)24(33)34)30-25(35)28(20-12-10-9-11-13-20)14-16-31(17-15-28)26(36)37-27(5,6)7/h9-13,18-19,21-22H,8,14-17H2,1-7H3,(H,29,32)(H,30,35)(H,33,34)/t19-,21-,22-/m0/s1. The average molecular weight is 518 g/mol. The summed E-state index contributed by atoms with van der Waals surface area (Å²) in [6, 6.07) is 7.42. The van der Waals surface area contributed by atoms with Crippen LogP contribution in [0.3, 0.4) is 0 Å². The quantitative estimate of drug-likeness (QED) is 0.459. The Morgan fingerprint density at radius 3 is 2.03 bits per heavy atom. The molecule has 1 saturated heterocycles. The summed E-state index contributed by atoms with van der Waals surface area (Å²) in [6.07, 6.45) is 0.920. The molecule has 3 amide bonds. The molecule has 0 bridgehead atoms. The number of amides is 3. The maximum Gasteiger partial charge on any atom is 0.410 e. The fraction of sp³-hybridized carbons (Fsp3) is 0.643. The van der Waals surface area contributed by atoms with Crippen LogP contribution in [0.15, 0.2) is 30.3 Å². The summed E-state index contributed by atoms with van der Waals surface area (Å²) in [4.78, 5) is 53.1. The van der Waals surface area contributed by atoms with Crippen LogP contribution in [-0.2, 0) is 24.5 Å². The van der Waals surface area contributed by atoms with E-state index in [1.165, 1.54) is 0 Å². The number of carbonyl (C=O) groups is 4. The van der Waals surface area contributed by atoms with Gasteiger partial charge in [-0.05, 0) is 51.0 Å². The van der Waals surface area contributed by atoms with Crippen molar-refractivity contribution in [3.05, 3.63) is 35.9 Å². The van der Waals surface area contributed by atoms with E-state index in [0.717, 1.165) is 5.56 Å². The van der Waals surface area contributed by atoms with Gasteiger partial charge < -0.3 is 25.4 Å². The Kier molecular flexibility index (Phi) is 10.1. The van der Waals surface area contributed by atoms with E-state index >= 15 is 0 Å². The molecule has 3 N–H and O–H groups in total. The van der Waals surface area contributed by atoms with Crippen molar-refractivity contribution in [3.63, 3.8) is 0 Å². The lowest BCUT2D eigenvalue weighted by Gasteiger charge is -2.42. The summed E-state index contributed by atoms with van der Waals surface area (Å²) >= 11 is 0. The second kappa shape index (κ2) is 12.4. The lowest BCUT2D eigenvalue weighted by atomic mass is 9.71. The SMILES string of the molecule is CC[C@H](C)[C@H](NC(=O)C1(c2ccccc2)CCN(C(=O)OC(C)(C)C)CC1)C(=O)N[C@H](C(=O)O)C(C)C. The third-order valence-corrected chi connectivity index (χ3v) is 7.04. The number of hydrogen-bond acceptors (Lipinski definition) is 5. The van der Waals surface area contributed by atoms with Gasteiger partial charge in [0.2, 0.25) is 11.8 Å². The Hall–Kier alpha value is -3.10. The smallest absolute Gasteiger partial charge is 0.410 e. The topological polar surface area (TPSA) is 125 Å². The summed E-state index contributed by atoms with van der Waals surface area (Å²) in [7, 11) is 0. The normalized spacial score (nSPS) is 17.9. The number of likely N-dealkylation sites (tertiary alicyclic amines) is 1. The first kappa shape index (κ1) is 30.1. The van der Waals surface area contributed by atoms with Crippen molar-refractivity contribution < 1.29 is 29.0 Å². The summed E-state index contributed by atoms with van der Waals surface area (Å²) < 4.78 is 5.51. The highest BCUT2D eigenvalue weighted by molar-refractivity contribution is 5.94. The molecule has 0 aliphatic carbocycles. The number of nitrogens with zero attached hydrogens (tertiary/aromatic N) is 1. The van der Waals surface area contributed by atoms with Crippen LogP contribution < -0.4 is 10.6 Å². The highest BCUT2D eigenvalue weighted by atomic mass is 16.6. The molecular weight excluding hydrogens is 474 g/mol. The number of carbonyl (C=O) groups excluding carboxylic acids is 3. The number of carboxylic acids is 1. The van der Waals surface area contributed by atoms with Crippen LogP contribution in [0.5, 0.6) is 0 Å². The van der Waals surface area contributed by atoms with Crippen LogP contribution in [0.1, 0.15) is 73.3 Å². The third kappa shape index (κ3) is 7.69. The van der Waals surface area contributed by atoms with Gasteiger partial charge in [-0.15, -0.1) is 0 Å². The zero-order valence-corrected chi connectivity index (χ0v) is 23.2. The molecular formula is C28H43N3O6. The minimum absolute atomic E-state index is 0.222. The van der Waals surface area contributed by atoms with E-state index in [9.17, 15) is 24.3 Å². The van der Waals surface area contributed by atoms with Crippen LogP contribution in [0, 0.1) is 11.8 Å². The number of rotatable bonds is 9. The van der Waals surface area contributed by atoms with Gasteiger partial charge in [-0.3, -0.25) is 9.59 Å². The van der Waals surface area contributed by atoms with Crippen LogP contribution >= 0.6 is 0 Å². The Morgan fingerprint density at radius 1 is 1.00 bits per heavy atom. The van der Waals surface area contributed by atoms with Crippen molar-refractivity contribution in [1.29, 1.82) is 0 Å². The summed E-state index contributed by atoms with van der Waals surface area (Å²) in [5.74, 6) is -2.48. The molecule has 0 spiro atoms. The van der Waals surface area contributed by atoms with E-state index in [-0.39, 0.29) is 17.7 Å². The van der Waals surface area contributed by atoms with Crippen LogP contribution in [-0.4, -0.2) is 64.7 Å².